The first-order valence-corrected chi connectivity index (χ1v) is 6.17. The third kappa shape index (κ3) is 1.56. The minimum Gasteiger partial charge on any atom is -0.228 e. The summed E-state index contributed by atoms with van der Waals surface area (Å²) in [7, 11) is 0. The lowest BCUT2D eigenvalue weighted by Gasteiger charge is -2.06. The van der Waals surface area contributed by atoms with Gasteiger partial charge >= 0.3 is 0 Å². The molecule has 0 radical (unpaired) electrons. The van der Waals surface area contributed by atoms with Crippen molar-refractivity contribution in [3.63, 3.8) is 0 Å². The largest absolute Gasteiger partial charge is 0.228 e. The summed E-state index contributed by atoms with van der Waals surface area (Å²) in [6, 6.07) is 14.0. The predicted octanol–water partition coefficient (Wildman–Crippen LogP) is 3.08. The van der Waals surface area contributed by atoms with Crippen molar-refractivity contribution in [2.45, 2.75) is 0 Å². The van der Waals surface area contributed by atoms with Crippen molar-refractivity contribution in [3.05, 3.63) is 60.7 Å². The summed E-state index contributed by atoms with van der Waals surface area (Å²) in [5.41, 5.74) is 2.38. The third-order valence-electron chi connectivity index (χ3n) is 3.22. The monoisotopic (exact) mass is 264 g/mol. The average Bonchev–Trinajstić information content (AvgIpc) is 2.97. The molecule has 0 N–H and O–H groups in total. The SMILES string of the molecule is Fc1ccc(-c2nc3ccccc3c3ncnn23)cc1. The number of rotatable bonds is 1. The molecule has 0 spiro atoms. The summed E-state index contributed by atoms with van der Waals surface area (Å²) in [6.45, 7) is 0. The molecule has 5 heteroatoms. The molecule has 0 bridgehead atoms. The fourth-order valence-electron chi connectivity index (χ4n) is 2.29. The molecule has 0 aliphatic carbocycles. The van der Waals surface area contributed by atoms with E-state index in [1.807, 2.05) is 24.3 Å². The number of aromatic nitrogens is 4. The van der Waals surface area contributed by atoms with Crippen LogP contribution in [0.2, 0.25) is 0 Å². The van der Waals surface area contributed by atoms with Crippen molar-refractivity contribution in [3.8, 4) is 11.4 Å². The predicted molar refractivity (Wildman–Crippen MR) is 73.7 cm³/mol. The van der Waals surface area contributed by atoms with Crippen LogP contribution in [0.4, 0.5) is 4.39 Å². The number of fused-ring (bicyclic) bond motifs is 3. The van der Waals surface area contributed by atoms with Crippen LogP contribution in [-0.2, 0) is 0 Å². The van der Waals surface area contributed by atoms with Crippen LogP contribution in [0.25, 0.3) is 27.9 Å². The van der Waals surface area contributed by atoms with Gasteiger partial charge in [0.05, 0.1) is 5.52 Å². The Labute approximate surface area is 113 Å². The summed E-state index contributed by atoms with van der Waals surface area (Å²) < 4.78 is 14.7. The van der Waals surface area contributed by atoms with E-state index in [1.54, 1.807) is 16.6 Å². The van der Waals surface area contributed by atoms with Gasteiger partial charge in [-0.3, -0.25) is 0 Å². The Morgan fingerprint density at radius 2 is 1.75 bits per heavy atom. The average molecular weight is 264 g/mol. The second-order valence-corrected chi connectivity index (χ2v) is 4.45. The van der Waals surface area contributed by atoms with Gasteiger partial charge in [-0.2, -0.15) is 9.61 Å². The second kappa shape index (κ2) is 4.09. The summed E-state index contributed by atoms with van der Waals surface area (Å²) in [5, 5.41) is 5.16. The first-order valence-electron chi connectivity index (χ1n) is 6.17. The van der Waals surface area contributed by atoms with Crippen molar-refractivity contribution < 1.29 is 4.39 Å². The van der Waals surface area contributed by atoms with E-state index in [9.17, 15) is 4.39 Å². The van der Waals surface area contributed by atoms with E-state index in [-0.39, 0.29) is 5.82 Å². The van der Waals surface area contributed by atoms with Gasteiger partial charge in [-0.1, -0.05) is 12.1 Å². The van der Waals surface area contributed by atoms with Crippen LogP contribution in [0.5, 0.6) is 0 Å². The van der Waals surface area contributed by atoms with Crippen LogP contribution < -0.4 is 0 Å². The molecule has 0 fully saturated rings. The lowest BCUT2D eigenvalue weighted by molar-refractivity contribution is 0.628. The highest BCUT2D eigenvalue weighted by Crippen LogP contribution is 2.23. The zero-order valence-electron chi connectivity index (χ0n) is 10.4. The first kappa shape index (κ1) is 11.0. The fourth-order valence-corrected chi connectivity index (χ4v) is 2.29. The Bertz CT molecular complexity index is 912. The van der Waals surface area contributed by atoms with Crippen LogP contribution >= 0.6 is 0 Å². The summed E-state index contributed by atoms with van der Waals surface area (Å²) in [4.78, 5) is 8.90. The molecular weight excluding hydrogens is 255 g/mol. The van der Waals surface area contributed by atoms with Gasteiger partial charge in [0.25, 0.3) is 0 Å². The van der Waals surface area contributed by atoms with Gasteiger partial charge in [0.1, 0.15) is 12.1 Å². The van der Waals surface area contributed by atoms with E-state index in [1.165, 1.54) is 18.5 Å². The van der Waals surface area contributed by atoms with Gasteiger partial charge in [-0.15, -0.1) is 0 Å². The van der Waals surface area contributed by atoms with Gasteiger partial charge in [0.2, 0.25) is 0 Å². The molecule has 0 aliphatic heterocycles. The molecule has 4 nitrogen and oxygen atoms in total. The Hall–Kier alpha value is -2.82. The molecule has 0 saturated carbocycles. The summed E-state index contributed by atoms with van der Waals surface area (Å²) in [6.07, 6.45) is 1.50. The van der Waals surface area contributed by atoms with E-state index in [0.29, 0.717) is 5.82 Å². The standard InChI is InChI=1S/C15H9FN4/c16-11-7-5-10(6-8-11)14-19-13-4-2-1-3-12(13)15-17-9-18-20(14)15/h1-9H. The van der Waals surface area contributed by atoms with Crippen LogP contribution in [0.15, 0.2) is 54.9 Å². The van der Waals surface area contributed by atoms with E-state index >= 15 is 0 Å². The molecule has 4 aromatic rings. The maximum atomic E-state index is 13.1. The number of para-hydroxylation sites is 1. The molecule has 0 amide bonds. The second-order valence-electron chi connectivity index (χ2n) is 4.45. The fraction of sp³-hybridized carbons (Fsp3) is 0. The number of nitrogens with zero attached hydrogens (tertiary/aromatic N) is 4. The normalized spacial score (nSPS) is 11.2. The van der Waals surface area contributed by atoms with Crippen molar-refractivity contribution in [1.82, 2.24) is 19.6 Å². The van der Waals surface area contributed by atoms with E-state index < -0.39 is 0 Å². The Morgan fingerprint density at radius 1 is 0.950 bits per heavy atom. The van der Waals surface area contributed by atoms with Crippen LogP contribution in [0, 0.1) is 5.82 Å². The Kier molecular flexibility index (Phi) is 2.26. The molecule has 2 aromatic carbocycles. The zero-order valence-corrected chi connectivity index (χ0v) is 10.4. The lowest BCUT2D eigenvalue weighted by atomic mass is 10.2. The van der Waals surface area contributed by atoms with Crippen molar-refractivity contribution in [1.29, 1.82) is 0 Å². The zero-order chi connectivity index (χ0) is 13.5. The number of benzene rings is 2. The van der Waals surface area contributed by atoms with Crippen LogP contribution in [0.3, 0.4) is 0 Å². The highest BCUT2D eigenvalue weighted by atomic mass is 19.1. The highest BCUT2D eigenvalue weighted by molar-refractivity contribution is 5.92. The molecule has 2 aromatic heterocycles. The van der Waals surface area contributed by atoms with Crippen LogP contribution in [-0.4, -0.2) is 19.6 Å². The minimum atomic E-state index is -0.274. The smallest absolute Gasteiger partial charge is 0.167 e. The Balaban J connectivity index is 2.11. The van der Waals surface area contributed by atoms with Gasteiger partial charge < -0.3 is 0 Å². The van der Waals surface area contributed by atoms with E-state index in [0.717, 1.165) is 22.1 Å². The van der Waals surface area contributed by atoms with Crippen molar-refractivity contribution in [2.24, 2.45) is 0 Å². The molecule has 4 rings (SSSR count). The summed E-state index contributed by atoms with van der Waals surface area (Å²) in [5.74, 6) is 0.376. The van der Waals surface area contributed by atoms with Gasteiger partial charge in [0, 0.05) is 10.9 Å². The first-order chi connectivity index (χ1) is 9.83. The van der Waals surface area contributed by atoms with Gasteiger partial charge in [0.15, 0.2) is 11.5 Å². The quantitative estimate of drug-likeness (QED) is 0.530. The molecule has 2 heterocycles. The maximum Gasteiger partial charge on any atom is 0.167 e. The minimum absolute atomic E-state index is 0.274. The maximum absolute atomic E-state index is 13.1. The third-order valence-corrected chi connectivity index (χ3v) is 3.22. The Morgan fingerprint density at radius 3 is 2.60 bits per heavy atom. The molecule has 0 atom stereocenters. The highest BCUT2D eigenvalue weighted by Gasteiger charge is 2.11. The van der Waals surface area contributed by atoms with E-state index in [4.69, 9.17) is 0 Å². The van der Waals surface area contributed by atoms with E-state index in [2.05, 4.69) is 15.1 Å². The van der Waals surface area contributed by atoms with Crippen molar-refractivity contribution >= 4 is 16.6 Å². The van der Waals surface area contributed by atoms with Gasteiger partial charge in [-0.25, -0.2) is 14.4 Å². The number of hydrogen-bond acceptors (Lipinski definition) is 3. The molecule has 0 saturated heterocycles. The number of hydrogen-bond donors (Lipinski definition) is 0. The lowest BCUT2D eigenvalue weighted by Crippen LogP contribution is -1.99. The molecule has 0 aliphatic rings. The van der Waals surface area contributed by atoms with Crippen molar-refractivity contribution in [2.75, 3.05) is 0 Å². The molecule has 96 valence electrons. The molecular formula is C15H9FN4. The molecule has 0 unspecified atom stereocenters. The summed E-state index contributed by atoms with van der Waals surface area (Å²) >= 11 is 0. The van der Waals surface area contributed by atoms with Gasteiger partial charge in [-0.05, 0) is 36.4 Å². The number of halogens is 1. The molecule has 20 heavy (non-hydrogen) atoms. The van der Waals surface area contributed by atoms with Crippen LogP contribution in [0.1, 0.15) is 0 Å². The topological polar surface area (TPSA) is 43.1 Å².